The summed E-state index contributed by atoms with van der Waals surface area (Å²) < 4.78 is 0. The molecule has 1 atom stereocenters. The van der Waals surface area contributed by atoms with E-state index in [9.17, 15) is 9.59 Å². The first kappa shape index (κ1) is 18.5. The van der Waals surface area contributed by atoms with E-state index >= 15 is 0 Å². The summed E-state index contributed by atoms with van der Waals surface area (Å²) in [5.74, 6) is 0.312. The molecule has 1 saturated heterocycles. The lowest BCUT2D eigenvalue weighted by Gasteiger charge is -2.21. The zero-order valence-corrected chi connectivity index (χ0v) is 14.6. The lowest BCUT2D eigenvalue weighted by atomic mass is 10.2. The quantitative estimate of drug-likeness (QED) is 0.720. The molecular formula is C19H29N3O2. The molecule has 2 rings (SSSR count). The highest BCUT2D eigenvalue weighted by atomic mass is 16.2. The second kappa shape index (κ2) is 10.1. The summed E-state index contributed by atoms with van der Waals surface area (Å²) in [6.07, 6.45) is 5.38. The minimum absolute atomic E-state index is 0.0175. The van der Waals surface area contributed by atoms with Crippen molar-refractivity contribution >= 4 is 17.5 Å². The summed E-state index contributed by atoms with van der Waals surface area (Å²) in [7, 11) is 0. The maximum absolute atomic E-state index is 12.0. The molecule has 5 heteroatoms. The molecule has 0 aliphatic carbocycles. The summed E-state index contributed by atoms with van der Waals surface area (Å²) >= 11 is 0. The van der Waals surface area contributed by atoms with Gasteiger partial charge in [-0.3, -0.25) is 9.59 Å². The molecule has 0 spiro atoms. The third kappa shape index (κ3) is 6.71. The first-order valence-electron chi connectivity index (χ1n) is 9.01. The van der Waals surface area contributed by atoms with Gasteiger partial charge in [0.25, 0.3) is 0 Å². The van der Waals surface area contributed by atoms with Crippen LogP contribution in [0.25, 0.3) is 0 Å². The van der Waals surface area contributed by atoms with E-state index in [0.29, 0.717) is 18.7 Å². The number of nitrogens with zero attached hydrogens (tertiary/aromatic N) is 1. The smallest absolute Gasteiger partial charge is 0.225 e. The van der Waals surface area contributed by atoms with Crippen LogP contribution in [0.15, 0.2) is 30.3 Å². The zero-order chi connectivity index (χ0) is 17.2. The molecule has 2 N–H and O–H groups in total. The Hall–Kier alpha value is -1.88. The molecule has 132 valence electrons. The molecule has 5 nitrogen and oxygen atoms in total. The Bertz CT molecular complexity index is 519. The Morgan fingerprint density at radius 2 is 2.00 bits per heavy atom. The Kier molecular flexibility index (Phi) is 7.75. The van der Waals surface area contributed by atoms with E-state index < -0.39 is 0 Å². The van der Waals surface area contributed by atoms with Crippen molar-refractivity contribution in [3.63, 3.8) is 0 Å². The number of nitrogens with one attached hydrogen (secondary N) is 2. The van der Waals surface area contributed by atoms with Crippen LogP contribution >= 0.6 is 0 Å². The fourth-order valence-electron chi connectivity index (χ4n) is 2.98. The summed E-state index contributed by atoms with van der Waals surface area (Å²) in [6.45, 7) is 4.55. The Morgan fingerprint density at radius 1 is 1.21 bits per heavy atom. The van der Waals surface area contributed by atoms with Crippen molar-refractivity contribution in [1.29, 1.82) is 0 Å². The van der Waals surface area contributed by atoms with Gasteiger partial charge in [0.1, 0.15) is 0 Å². The third-order valence-electron chi connectivity index (χ3n) is 4.32. The first-order valence-corrected chi connectivity index (χ1v) is 9.01. The van der Waals surface area contributed by atoms with Crippen molar-refractivity contribution < 1.29 is 9.59 Å². The molecule has 2 amide bonds. The molecule has 24 heavy (non-hydrogen) atoms. The number of benzene rings is 1. The van der Waals surface area contributed by atoms with Gasteiger partial charge in [-0.05, 0) is 44.9 Å². The van der Waals surface area contributed by atoms with E-state index in [1.54, 1.807) is 0 Å². The number of hydrogen-bond acceptors (Lipinski definition) is 3. The molecule has 0 bridgehead atoms. The highest BCUT2D eigenvalue weighted by molar-refractivity contribution is 5.91. The Labute approximate surface area is 144 Å². The molecule has 1 aliphatic heterocycles. The summed E-state index contributed by atoms with van der Waals surface area (Å²) in [6, 6.07) is 9.62. The Balaban J connectivity index is 1.59. The summed E-state index contributed by atoms with van der Waals surface area (Å²) in [5.41, 5.74) is 0.828. The minimum Gasteiger partial charge on any atom is -0.343 e. The number of likely N-dealkylation sites (tertiary alicyclic amines) is 1. The second-order valence-corrected chi connectivity index (χ2v) is 6.52. The summed E-state index contributed by atoms with van der Waals surface area (Å²) in [5, 5.41) is 6.27. The standard InChI is InChI=1S/C19H29N3O2/c1-16(15-18(23)21-17-9-4-2-5-10-17)20-12-8-14-22-13-7-3-6-11-19(22)24/h2,4-5,9-10,16,20H,3,6-8,11-15H2,1H3,(H,21,23). The second-order valence-electron chi connectivity index (χ2n) is 6.52. The van der Waals surface area contributed by atoms with Gasteiger partial charge in [0.2, 0.25) is 11.8 Å². The first-order chi connectivity index (χ1) is 11.6. The largest absolute Gasteiger partial charge is 0.343 e. The van der Waals surface area contributed by atoms with Crippen LogP contribution in [0, 0.1) is 0 Å². The van der Waals surface area contributed by atoms with Crippen LogP contribution in [0.3, 0.4) is 0 Å². The van der Waals surface area contributed by atoms with Crippen molar-refractivity contribution in [3.05, 3.63) is 30.3 Å². The lowest BCUT2D eigenvalue weighted by molar-refractivity contribution is -0.130. The predicted octanol–water partition coefficient (Wildman–Crippen LogP) is 2.79. The molecule has 1 aromatic carbocycles. The maximum Gasteiger partial charge on any atom is 0.225 e. The fraction of sp³-hybridized carbons (Fsp3) is 0.579. The topological polar surface area (TPSA) is 61.4 Å². The Morgan fingerprint density at radius 3 is 2.79 bits per heavy atom. The normalized spacial score (nSPS) is 16.5. The molecule has 1 fully saturated rings. The molecule has 1 aliphatic rings. The van der Waals surface area contributed by atoms with Crippen LogP contribution in [0.5, 0.6) is 0 Å². The van der Waals surface area contributed by atoms with Crippen LogP contribution in [0.2, 0.25) is 0 Å². The van der Waals surface area contributed by atoms with Gasteiger partial charge in [-0.25, -0.2) is 0 Å². The number of anilines is 1. The average Bonchev–Trinajstić information content (AvgIpc) is 2.77. The van der Waals surface area contributed by atoms with Crippen molar-refractivity contribution in [2.75, 3.05) is 25.0 Å². The lowest BCUT2D eigenvalue weighted by Crippen LogP contribution is -2.35. The van der Waals surface area contributed by atoms with E-state index in [2.05, 4.69) is 10.6 Å². The molecule has 1 heterocycles. The summed E-state index contributed by atoms with van der Waals surface area (Å²) in [4.78, 5) is 25.9. The number of rotatable bonds is 8. The number of carbonyl (C=O) groups is 2. The number of amides is 2. The van der Waals surface area contributed by atoms with Crippen molar-refractivity contribution in [1.82, 2.24) is 10.2 Å². The van der Waals surface area contributed by atoms with Crippen LogP contribution in [-0.4, -0.2) is 42.4 Å². The van der Waals surface area contributed by atoms with Gasteiger partial charge in [0, 0.05) is 37.7 Å². The van der Waals surface area contributed by atoms with Crippen LogP contribution in [0.1, 0.15) is 45.4 Å². The van der Waals surface area contributed by atoms with Crippen molar-refractivity contribution in [2.24, 2.45) is 0 Å². The van der Waals surface area contributed by atoms with Crippen LogP contribution in [0.4, 0.5) is 5.69 Å². The maximum atomic E-state index is 12.0. The highest BCUT2D eigenvalue weighted by Gasteiger charge is 2.16. The number of hydrogen-bond donors (Lipinski definition) is 2. The van der Waals surface area contributed by atoms with E-state index in [4.69, 9.17) is 0 Å². The van der Waals surface area contributed by atoms with Gasteiger partial charge in [0.15, 0.2) is 0 Å². The fourth-order valence-corrected chi connectivity index (χ4v) is 2.98. The minimum atomic E-state index is 0.0175. The SMILES string of the molecule is CC(CC(=O)Nc1ccccc1)NCCCN1CCCCCC1=O. The predicted molar refractivity (Wildman–Crippen MR) is 96.8 cm³/mol. The van der Waals surface area contributed by atoms with E-state index in [1.165, 1.54) is 0 Å². The third-order valence-corrected chi connectivity index (χ3v) is 4.32. The van der Waals surface area contributed by atoms with Crippen LogP contribution in [-0.2, 0) is 9.59 Å². The zero-order valence-electron chi connectivity index (χ0n) is 14.6. The monoisotopic (exact) mass is 331 g/mol. The number of carbonyl (C=O) groups excluding carboxylic acids is 2. The molecule has 0 aromatic heterocycles. The van der Waals surface area contributed by atoms with Crippen molar-refractivity contribution in [3.8, 4) is 0 Å². The van der Waals surface area contributed by atoms with Crippen molar-refractivity contribution in [2.45, 2.75) is 51.5 Å². The molecular weight excluding hydrogens is 302 g/mol. The van der Waals surface area contributed by atoms with Gasteiger partial charge in [-0.2, -0.15) is 0 Å². The highest BCUT2D eigenvalue weighted by Crippen LogP contribution is 2.11. The molecule has 1 unspecified atom stereocenters. The van der Waals surface area contributed by atoms with E-state index in [0.717, 1.165) is 51.0 Å². The number of para-hydroxylation sites is 1. The van der Waals surface area contributed by atoms with Gasteiger partial charge < -0.3 is 15.5 Å². The van der Waals surface area contributed by atoms with Gasteiger partial charge >= 0.3 is 0 Å². The molecule has 0 radical (unpaired) electrons. The van der Waals surface area contributed by atoms with E-state index in [1.807, 2.05) is 42.2 Å². The van der Waals surface area contributed by atoms with Crippen LogP contribution < -0.4 is 10.6 Å². The van der Waals surface area contributed by atoms with E-state index in [-0.39, 0.29) is 11.9 Å². The molecule has 0 saturated carbocycles. The molecule has 1 aromatic rings. The van der Waals surface area contributed by atoms with Gasteiger partial charge in [-0.15, -0.1) is 0 Å². The van der Waals surface area contributed by atoms with Gasteiger partial charge in [0.05, 0.1) is 0 Å². The average molecular weight is 331 g/mol. The van der Waals surface area contributed by atoms with Gasteiger partial charge in [-0.1, -0.05) is 24.6 Å².